The summed E-state index contributed by atoms with van der Waals surface area (Å²) in [5, 5.41) is 32.8. The fraction of sp³-hybridized carbons (Fsp3) is 0.294. The summed E-state index contributed by atoms with van der Waals surface area (Å²) in [4.78, 5) is 40.3. The van der Waals surface area contributed by atoms with Crippen LogP contribution in [0.3, 0.4) is 0 Å². The molecule has 0 aliphatic heterocycles. The van der Waals surface area contributed by atoms with Crippen LogP contribution in [0.1, 0.15) is 19.8 Å². The summed E-state index contributed by atoms with van der Waals surface area (Å²) < 4.78 is 3.26. The van der Waals surface area contributed by atoms with Crippen LogP contribution in [0.2, 0.25) is 0 Å². The van der Waals surface area contributed by atoms with Crippen LogP contribution >= 0.6 is 11.9 Å². The third-order valence-electron chi connectivity index (χ3n) is 3.60. The van der Waals surface area contributed by atoms with Gasteiger partial charge in [-0.2, -0.15) is 0 Å². The molecular weight excluding hydrogens is 404 g/mol. The lowest BCUT2D eigenvalue weighted by atomic mass is 10.2. The third-order valence-corrected chi connectivity index (χ3v) is 4.57. The van der Waals surface area contributed by atoms with Crippen molar-refractivity contribution in [1.82, 2.24) is 14.8 Å². The number of nitro benzene ring substituents is 1. The largest absolute Gasteiger partial charge is 0.492 e. The van der Waals surface area contributed by atoms with E-state index in [-0.39, 0.29) is 10.6 Å². The molecule has 1 aromatic carbocycles. The van der Waals surface area contributed by atoms with Gasteiger partial charge in [-0.3, -0.25) is 14.9 Å². The van der Waals surface area contributed by atoms with Crippen molar-refractivity contribution in [1.29, 1.82) is 0 Å². The van der Waals surface area contributed by atoms with Gasteiger partial charge >= 0.3 is 5.97 Å². The summed E-state index contributed by atoms with van der Waals surface area (Å²) in [7, 11) is 0. The first-order valence-corrected chi connectivity index (χ1v) is 9.39. The van der Waals surface area contributed by atoms with E-state index in [9.17, 15) is 29.9 Å². The van der Waals surface area contributed by atoms with E-state index in [1.807, 2.05) is 6.92 Å². The van der Waals surface area contributed by atoms with Crippen LogP contribution in [-0.4, -0.2) is 44.3 Å². The van der Waals surface area contributed by atoms with E-state index < -0.39 is 41.0 Å². The summed E-state index contributed by atoms with van der Waals surface area (Å²) in [5.74, 6) is -2.41. The second-order valence-corrected chi connectivity index (χ2v) is 6.68. The molecule has 156 valence electrons. The Morgan fingerprint density at radius 2 is 1.90 bits per heavy atom. The number of carbonyl (C=O) groups excluding carboxylic acids is 2. The molecule has 1 unspecified atom stereocenters. The predicted molar refractivity (Wildman–Crippen MR) is 103 cm³/mol. The van der Waals surface area contributed by atoms with Gasteiger partial charge in [0.2, 0.25) is 17.7 Å². The highest BCUT2D eigenvalue weighted by Gasteiger charge is 2.25. The van der Waals surface area contributed by atoms with E-state index in [1.165, 1.54) is 18.2 Å². The number of benzene rings is 1. The van der Waals surface area contributed by atoms with Crippen molar-refractivity contribution < 1.29 is 29.6 Å². The van der Waals surface area contributed by atoms with Crippen LogP contribution in [0.25, 0.3) is 0 Å². The van der Waals surface area contributed by atoms with Gasteiger partial charge in [0.05, 0.1) is 11.3 Å². The molecule has 12 heteroatoms. The highest BCUT2D eigenvalue weighted by Crippen LogP contribution is 2.27. The molecule has 1 aromatic heterocycles. The van der Waals surface area contributed by atoms with Crippen LogP contribution in [0.5, 0.6) is 11.8 Å². The zero-order chi connectivity index (χ0) is 21.4. The lowest BCUT2D eigenvalue weighted by molar-refractivity contribution is -0.387. The van der Waals surface area contributed by atoms with Gasteiger partial charge < -0.3 is 20.4 Å². The first-order valence-electron chi connectivity index (χ1n) is 8.57. The van der Waals surface area contributed by atoms with Crippen molar-refractivity contribution in [2.45, 2.75) is 30.7 Å². The first-order chi connectivity index (χ1) is 13.8. The maximum atomic E-state index is 12.4. The molecule has 0 aliphatic carbocycles. The van der Waals surface area contributed by atoms with Gasteiger partial charge in [0.15, 0.2) is 0 Å². The molecule has 29 heavy (non-hydrogen) atoms. The summed E-state index contributed by atoms with van der Waals surface area (Å²) in [6.45, 7) is 2.23. The fourth-order valence-electron chi connectivity index (χ4n) is 2.19. The molecule has 0 aliphatic rings. The highest BCUT2D eigenvalue weighted by atomic mass is 32.2. The van der Waals surface area contributed by atoms with Crippen LogP contribution < -0.4 is 14.9 Å². The van der Waals surface area contributed by atoms with Gasteiger partial charge in [-0.1, -0.05) is 19.1 Å². The molecule has 0 fully saturated rings. The van der Waals surface area contributed by atoms with Crippen molar-refractivity contribution in [3.63, 3.8) is 0 Å². The number of amides is 1. The average Bonchev–Trinajstić information content (AvgIpc) is 3.01. The Bertz CT molecular complexity index is 867. The average molecular weight is 424 g/mol. The quantitative estimate of drug-likeness (QED) is 0.251. The topological polar surface area (TPSA) is 156 Å². The Balaban J connectivity index is 2.09. The van der Waals surface area contributed by atoms with E-state index in [1.54, 1.807) is 6.07 Å². The van der Waals surface area contributed by atoms with Gasteiger partial charge in [0.1, 0.15) is 10.9 Å². The molecule has 0 spiro atoms. The molecule has 0 bridgehead atoms. The summed E-state index contributed by atoms with van der Waals surface area (Å²) in [6.07, 6.45) is 0.214. The smallest absolute Gasteiger partial charge is 0.335 e. The predicted octanol–water partition coefficient (Wildman–Crippen LogP) is 1.34. The van der Waals surface area contributed by atoms with Crippen LogP contribution in [0.4, 0.5) is 5.69 Å². The molecule has 1 heterocycles. The molecule has 0 saturated carbocycles. The van der Waals surface area contributed by atoms with E-state index in [4.69, 9.17) is 4.84 Å². The van der Waals surface area contributed by atoms with Crippen LogP contribution in [-0.2, 0) is 9.59 Å². The molecule has 4 N–H and O–H groups in total. The molecule has 1 amide bonds. The van der Waals surface area contributed by atoms with Crippen LogP contribution in [0, 0.1) is 10.1 Å². The number of carbonyl (C=O) groups is 2. The van der Waals surface area contributed by atoms with Gasteiger partial charge in [-0.05, 0) is 24.4 Å². The van der Waals surface area contributed by atoms with E-state index in [0.29, 0.717) is 17.7 Å². The molecule has 11 nitrogen and oxygen atoms in total. The number of rotatable bonds is 10. The SMILES string of the molecule is CCCNC(=O)C(CC(=O)On1c(O)ccc1O)NSc1ccccc1[N+](=O)[O-]. The number of aromatic nitrogens is 1. The standard InChI is InChI=1S/C17H20N4O7S/c1-2-9-18-17(25)11(10-16(24)28-20-14(22)7-8-15(20)23)19-29-13-6-4-3-5-12(13)21(26)27/h3-8,11,19,22-23H,2,9-10H2,1H3,(H,18,25). The normalized spacial score (nSPS) is 11.6. The van der Waals surface area contributed by atoms with E-state index in [2.05, 4.69) is 10.0 Å². The maximum absolute atomic E-state index is 12.4. The first kappa shape index (κ1) is 22.0. The Morgan fingerprint density at radius 1 is 1.24 bits per heavy atom. The number of nitro groups is 1. The van der Waals surface area contributed by atoms with E-state index in [0.717, 1.165) is 24.1 Å². The second kappa shape index (κ2) is 10.3. The molecular formula is C17H20N4O7S. The van der Waals surface area contributed by atoms with Gasteiger partial charge in [0, 0.05) is 24.7 Å². The summed E-state index contributed by atoms with van der Waals surface area (Å²) in [5.41, 5.74) is -0.150. The van der Waals surface area contributed by atoms with Crippen LogP contribution in [0.15, 0.2) is 41.3 Å². The van der Waals surface area contributed by atoms with Crippen molar-refractivity contribution in [2.24, 2.45) is 0 Å². The molecule has 0 radical (unpaired) electrons. The summed E-state index contributed by atoms with van der Waals surface area (Å²) in [6, 6.07) is 7.11. The number of nitrogens with zero attached hydrogens (tertiary/aromatic N) is 2. The molecule has 2 aromatic rings. The number of aromatic hydroxyl groups is 2. The Hall–Kier alpha value is -3.25. The van der Waals surface area contributed by atoms with Crippen molar-refractivity contribution in [2.75, 3.05) is 6.54 Å². The number of nitrogens with one attached hydrogen (secondary N) is 2. The molecule has 2 rings (SSSR count). The lowest BCUT2D eigenvalue weighted by Gasteiger charge is -2.17. The number of para-hydroxylation sites is 1. The van der Waals surface area contributed by atoms with Crippen molar-refractivity contribution in [3.05, 3.63) is 46.5 Å². The Morgan fingerprint density at radius 3 is 2.52 bits per heavy atom. The van der Waals surface area contributed by atoms with E-state index >= 15 is 0 Å². The maximum Gasteiger partial charge on any atom is 0.335 e. The second-order valence-electron chi connectivity index (χ2n) is 5.80. The van der Waals surface area contributed by atoms with Crippen molar-refractivity contribution >= 4 is 29.5 Å². The minimum absolute atomic E-state index is 0.150. The van der Waals surface area contributed by atoms with Gasteiger partial charge in [-0.15, -0.1) is 4.73 Å². The summed E-state index contributed by atoms with van der Waals surface area (Å²) >= 11 is 0.836. The highest BCUT2D eigenvalue weighted by molar-refractivity contribution is 7.97. The fourth-order valence-corrected chi connectivity index (χ4v) is 3.04. The van der Waals surface area contributed by atoms with Crippen molar-refractivity contribution in [3.8, 4) is 11.8 Å². The Kier molecular flexibility index (Phi) is 7.86. The minimum Gasteiger partial charge on any atom is -0.492 e. The zero-order valence-electron chi connectivity index (χ0n) is 15.4. The lowest BCUT2D eigenvalue weighted by Crippen LogP contribution is -2.44. The van der Waals surface area contributed by atoms with Gasteiger partial charge in [-0.25, -0.2) is 9.52 Å². The molecule has 0 saturated heterocycles. The zero-order valence-corrected chi connectivity index (χ0v) is 16.2. The third kappa shape index (κ3) is 6.12. The van der Waals surface area contributed by atoms with Gasteiger partial charge in [0.25, 0.3) is 5.69 Å². The minimum atomic E-state index is -1.08. The number of hydrogen-bond acceptors (Lipinski definition) is 9. The monoisotopic (exact) mass is 424 g/mol. The number of hydrogen-bond donors (Lipinski definition) is 4. The molecule has 1 atom stereocenters. The Labute approximate surface area is 169 Å².